The molecule has 2 aromatic rings. The Labute approximate surface area is 144 Å². The molecule has 1 aliphatic heterocycles. The molecule has 0 radical (unpaired) electrons. The Morgan fingerprint density at radius 3 is 2.84 bits per heavy atom. The van der Waals surface area contributed by atoms with E-state index in [0.29, 0.717) is 43.6 Å². The van der Waals surface area contributed by atoms with E-state index in [4.69, 9.17) is 4.74 Å². The summed E-state index contributed by atoms with van der Waals surface area (Å²) in [5.41, 5.74) is 0.651. The van der Waals surface area contributed by atoms with Gasteiger partial charge in [-0.2, -0.15) is 15.0 Å². The van der Waals surface area contributed by atoms with Crippen molar-refractivity contribution in [3.8, 4) is 17.1 Å². The first-order valence-electron chi connectivity index (χ1n) is 7.84. The Balaban J connectivity index is 1.93. The van der Waals surface area contributed by atoms with Crippen molar-refractivity contribution in [2.75, 3.05) is 50.2 Å². The van der Waals surface area contributed by atoms with Crippen LogP contribution >= 0.6 is 0 Å². The largest absolute Gasteiger partial charge is 0.508 e. The number of phenolic OH excluding ortho intramolecular Hbond substituents is 1. The fourth-order valence-corrected chi connectivity index (χ4v) is 2.35. The molecule has 3 rings (SSSR count). The highest BCUT2D eigenvalue weighted by Crippen LogP contribution is 2.23. The maximum atomic E-state index is 11.4. The first kappa shape index (κ1) is 16.9. The average molecular weight is 345 g/mol. The number of benzene rings is 1. The summed E-state index contributed by atoms with van der Waals surface area (Å²) in [6, 6.07) is 6.65. The van der Waals surface area contributed by atoms with Crippen molar-refractivity contribution in [2.45, 2.75) is 0 Å². The predicted molar refractivity (Wildman–Crippen MR) is 90.5 cm³/mol. The topological polar surface area (TPSA) is 110 Å². The fourth-order valence-electron chi connectivity index (χ4n) is 2.35. The Kier molecular flexibility index (Phi) is 5.24. The maximum Gasteiger partial charge on any atom is 0.325 e. The van der Waals surface area contributed by atoms with Crippen LogP contribution in [0.3, 0.4) is 0 Å². The third-order valence-electron chi connectivity index (χ3n) is 3.64. The lowest BCUT2D eigenvalue weighted by Gasteiger charge is -2.27. The predicted octanol–water partition coefficient (Wildman–Crippen LogP) is 0.666. The molecule has 9 nitrogen and oxygen atoms in total. The van der Waals surface area contributed by atoms with Gasteiger partial charge in [-0.25, -0.2) is 0 Å². The Bertz CT molecular complexity index is 749. The second-order valence-electron chi connectivity index (χ2n) is 5.36. The van der Waals surface area contributed by atoms with Gasteiger partial charge in [0, 0.05) is 18.7 Å². The van der Waals surface area contributed by atoms with Crippen LogP contribution in [0.1, 0.15) is 0 Å². The number of phenols is 1. The summed E-state index contributed by atoms with van der Waals surface area (Å²) in [6.45, 7) is 2.47. The molecule has 0 amide bonds. The summed E-state index contributed by atoms with van der Waals surface area (Å²) < 4.78 is 9.97. The maximum absolute atomic E-state index is 11.4. The minimum absolute atomic E-state index is 0.0530. The van der Waals surface area contributed by atoms with Gasteiger partial charge in [0.2, 0.25) is 11.9 Å². The molecule has 0 saturated carbocycles. The Morgan fingerprint density at radius 2 is 2.12 bits per heavy atom. The zero-order chi connectivity index (χ0) is 17.6. The summed E-state index contributed by atoms with van der Waals surface area (Å²) in [6.07, 6.45) is 0. The van der Waals surface area contributed by atoms with Gasteiger partial charge >= 0.3 is 5.97 Å². The molecule has 1 aromatic carbocycles. The number of methoxy groups -OCH3 is 1. The van der Waals surface area contributed by atoms with Crippen molar-refractivity contribution in [1.29, 1.82) is 0 Å². The second kappa shape index (κ2) is 7.75. The molecule has 1 aromatic heterocycles. The summed E-state index contributed by atoms with van der Waals surface area (Å²) in [5.74, 6) is 0.853. The molecule has 0 atom stereocenters. The fraction of sp³-hybridized carbons (Fsp3) is 0.375. The smallest absolute Gasteiger partial charge is 0.325 e. The molecule has 0 aliphatic carbocycles. The van der Waals surface area contributed by atoms with Crippen LogP contribution in [0.25, 0.3) is 11.4 Å². The van der Waals surface area contributed by atoms with Gasteiger partial charge in [0.25, 0.3) is 0 Å². The first-order chi connectivity index (χ1) is 12.2. The van der Waals surface area contributed by atoms with Crippen LogP contribution in [0.4, 0.5) is 11.9 Å². The monoisotopic (exact) mass is 345 g/mol. The molecule has 2 N–H and O–H groups in total. The van der Waals surface area contributed by atoms with E-state index in [0.717, 1.165) is 0 Å². The molecular weight excluding hydrogens is 326 g/mol. The molecule has 25 heavy (non-hydrogen) atoms. The number of aromatic nitrogens is 3. The number of esters is 1. The Hall–Kier alpha value is -2.94. The SMILES string of the molecule is COC(=O)CNc1nc(-c2cccc(O)c2)nc(N2CCOCC2)n1. The zero-order valence-electron chi connectivity index (χ0n) is 13.8. The van der Waals surface area contributed by atoms with E-state index < -0.39 is 5.97 Å². The number of ether oxygens (including phenoxy) is 2. The van der Waals surface area contributed by atoms with Crippen molar-refractivity contribution in [2.24, 2.45) is 0 Å². The third kappa shape index (κ3) is 4.32. The molecule has 0 unspecified atom stereocenters. The number of aromatic hydroxyl groups is 1. The summed E-state index contributed by atoms with van der Waals surface area (Å²) in [7, 11) is 1.31. The van der Waals surface area contributed by atoms with E-state index in [9.17, 15) is 9.90 Å². The molecule has 1 aliphatic rings. The van der Waals surface area contributed by atoms with Gasteiger partial charge in [0.15, 0.2) is 5.82 Å². The molecule has 0 spiro atoms. The van der Waals surface area contributed by atoms with Crippen molar-refractivity contribution >= 4 is 17.9 Å². The Morgan fingerprint density at radius 1 is 1.32 bits per heavy atom. The molecule has 2 heterocycles. The number of hydrogen-bond acceptors (Lipinski definition) is 9. The lowest BCUT2D eigenvalue weighted by Crippen LogP contribution is -2.37. The van der Waals surface area contributed by atoms with Gasteiger partial charge in [-0.15, -0.1) is 0 Å². The van der Waals surface area contributed by atoms with E-state index in [1.54, 1.807) is 24.3 Å². The number of carbonyl (C=O) groups is 1. The quantitative estimate of drug-likeness (QED) is 0.755. The minimum Gasteiger partial charge on any atom is -0.508 e. The number of carbonyl (C=O) groups excluding carboxylic acids is 1. The third-order valence-corrected chi connectivity index (χ3v) is 3.64. The van der Waals surface area contributed by atoms with E-state index in [2.05, 4.69) is 25.0 Å². The highest BCUT2D eigenvalue weighted by Gasteiger charge is 2.17. The van der Waals surface area contributed by atoms with E-state index in [-0.39, 0.29) is 18.2 Å². The molecule has 1 fully saturated rings. The summed E-state index contributed by atoms with van der Waals surface area (Å²) >= 11 is 0. The standard InChI is InChI=1S/C16H19N5O4/c1-24-13(23)10-17-15-18-14(11-3-2-4-12(22)9-11)19-16(20-15)21-5-7-25-8-6-21/h2-4,9,22H,5-8,10H2,1H3,(H,17,18,19,20). The number of morpholine rings is 1. The summed E-state index contributed by atoms with van der Waals surface area (Å²) in [5, 5.41) is 12.5. The van der Waals surface area contributed by atoms with Gasteiger partial charge in [0.05, 0.1) is 20.3 Å². The van der Waals surface area contributed by atoms with Gasteiger partial charge in [0.1, 0.15) is 12.3 Å². The lowest BCUT2D eigenvalue weighted by molar-refractivity contribution is -0.138. The summed E-state index contributed by atoms with van der Waals surface area (Å²) in [4.78, 5) is 26.6. The van der Waals surface area contributed by atoms with Crippen LogP contribution in [0.15, 0.2) is 24.3 Å². The van der Waals surface area contributed by atoms with Crippen molar-refractivity contribution < 1.29 is 19.4 Å². The van der Waals surface area contributed by atoms with Gasteiger partial charge in [-0.05, 0) is 12.1 Å². The van der Waals surface area contributed by atoms with Crippen LogP contribution < -0.4 is 10.2 Å². The van der Waals surface area contributed by atoms with Crippen LogP contribution in [0, 0.1) is 0 Å². The highest BCUT2D eigenvalue weighted by atomic mass is 16.5. The molecular formula is C16H19N5O4. The molecule has 0 bridgehead atoms. The first-order valence-corrected chi connectivity index (χ1v) is 7.84. The van der Waals surface area contributed by atoms with Gasteiger partial charge in [-0.3, -0.25) is 4.79 Å². The second-order valence-corrected chi connectivity index (χ2v) is 5.36. The van der Waals surface area contributed by atoms with Crippen LogP contribution in [0.2, 0.25) is 0 Å². The number of anilines is 2. The number of rotatable bonds is 5. The van der Waals surface area contributed by atoms with Crippen molar-refractivity contribution in [3.05, 3.63) is 24.3 Å². The number of nitrogens with one attached hydrogen (secondary N) is 1. The van der Waals surface area contributed by atoms with E-state index >= 15 is 0 Å². The molecule has 132 valence electrons. The van der Waals surface area contributed by atoms with Gasteiger partial charge in [-0.1, -0.05) is 12.1 Å². The normalized spacial score (nSPS) is 14.2. The highest BCUT2D eigenvalue weighted by molar-refractivity contribution is 5.74. The lowest BCUT2D eigenvalue weighted by atomic mass is 10.2. The van der Waals surface area contributed by atoms with Crippen molar-refractivity contribution in [1.82, 2.24) is 15.0 Å². The number of nitrogens with zero attached hydrogens (tertiary/aromatic N) is 4. The van der Waals surface area contributed by atoms with E-state index in [1.165, 1.54) is 7.11 Å². The minimum atomic E-state index is -0.424. The number of hydrogen-bond donors (Lipinski definition) is 2. The van der Waals surface area contributed by atoms with Crippen molar-refractivity contribution in [3.63, 3.8) is 0 Å². The van der Waals surface area contributed by atoms with Crippen LogP contribution in [0.5, 0.6) is 5.75 Å². The average Bonchev–Trinajstić information content (AvgIpc) is 2.66. The molecule has 1 saturated heterocycles. The van der Waals surface area contributed by atoms with E-state index in [1.807, 2.05) is 4.90 Å². The zero-order valence-corrected chi connectivity index (χ0v) is 13.8. The van der Waals surface area contributed by atoms with Gasteiger partial charge < -0.3 is 24.8 Å². The van der Waals surface area contributed by atoms with Crippen LogP contribution in [-0.4, -0.2) is 66.0 Å². The molecule has 9 heteroatoms. The van der Waals surface area contributed by atoms with Crippen LogP contribution in [-0.2, 0) is 14.3 Å².